The molecule has 1 saturated heterocycles. The molecule has 90 valence electrons. The number of aryl methyl sites for hydroxylation is 1. The van der Waals surface area contributed by atoms with Crippen molar-refractivity contribution in [2.24, 2.45) is 0 Å². The third-order valence-corrected chi connectivity index (χ3v) is 3.37. The van der Waals surface area contributed by atoms with Crippen molar-refractivity contribution < 1.29 is 0 Å². The molecule has 4 heteroatoms. The fourth-order valence-corrected chi connectivity index (χ4v) is 2.56. The molecule has 2 rings (SSSR count). The van der Waals surface area contributed by atoms with Crippen LogP contribution in [0.25, 0.3) is 0 Å². The molecule has 0 aromatic carbocycles. The Bertz CT molecular complexity index is 337. The highest BCUT2D eigenvalue weighted by atomic mass is 15.2. The second kappa shape index (κ2) is 4.87. The van der Waals surface area contributed by atoms with E-state index in [2.05, 4.69) is 27.6 Å². The molecule has 0 spiro atoms. The summed E-state index contributed by atoms with van der Waals surface area (Å²) in [6, 6.07) is 0.550. The molecule has 2 heterocycles. The zero-order chi connectivity index (χ0) is 11.5. The van der Waals surface area contributed by atoms with Crippen molar-refractivity contribution in [3.8, 4) is 0 Å². The molecule has 1 aliphatic heterocycles. The number of hydrogen-bond donors (Lipinski definition) is 1. The fraction of sp³-hybridized carbons (Fsp3) is 0.750. The second-order valence-electron chi connectivity index (χ2n) is 4.72. The first-order valence-corrected chi connectivity index (χ1v) is 6.24. The number of nitrogen functional groups attached to an aromatic ring is 1. The zero-order valence-corrected chi connectivity index (χ0v) is 10.3. The van der Waals surface area contributed by atoms with Crippen LogP contribution in [0.5, 0.6) is 0 Å². The van der Waals surface area contributed by atoms with Crippen LogP contribution in [0, 0.1) is 6.92 Å². The van der Waals surface area contributed by atoms with E-state index in [0.717, 1.165) is 5.69 Å². The fourth-order valence-electron chi connectivity index (χ4n) is 2.56. The van der Waals surface area contributed by atoms with Gasteiger partial charge in [-0.15, -0.1) is 0 Å². The number of piperidine rings is 1. The van der Waals surface area contributed by atoms with E-state index in [1.807, 2.05) is 6.92 Å². The third kappa shape index (κ3) is 2.38. The van der Waals surface area contributed by atoms with Gasteiger partial charge in [0.2, 0.25) is 5.95 Å². The van der Waals surface area contributed by atoms with E-state index in [0.29, 0.717) is 12.0 Å². The lowest BCUT2D eigenvalue weighted by Gasteiger charge is -2.32. The zero-order valence-electron chi connectivity index (χ0n) is 10.3. The van der Waals surface area contributed by atoms with Crippen LogP contribution in [0.3, 0.4) is 0 Å². The minimum atomic E-state index is 0.550. The monoisotopic (exact) mass is 222 g/mol. The average molecular weight is 222 g/mol. The van der Waals surface area contributed by atoms with E-state index in [4.69, 9.17) is 5.73 Å². The molecule has 0 saturated carbocycles. The van der Waals surface area contributed by atoms with E-state index < -0.39 is 0 Å². The lowest BCUT2D eigenvalue weighted by atomic mass is 10.0. The molecule has 4 nitrogen and oxygen atoms in total. The summed E-state index contributed by atoms with van der Waals surface area (Å²) in [5, 5.41) is 0. The van der Waals surface area contributed by atoms with Crippen LogP contribution in [0.15, 0.2) is 6.20 Å². The Labute approximate surface area is 97.4 Å². The van der Waals surface area contributed by atoms with Gasteiger partial charge in [0.1, 0.15) is 0 Å². The van der Waals surface area contributed by atoms with E-state index in [1.165, 1.54) is 38.9 Å². The number of nitrogens with zero attached hydrogens (tertiary/aromatic N) is 3. The first-order chi connectivity index (χ1) is 7.70. The highest BCUT2D eigenvalue weighted by Gasteiger charge is 2.21. The van der Waals surface area contributed by atoms with Gasteiger partial charge in [-0.1, -0.05) is 6.92 Å². The molecule has 16 heavy (non-hydrogen) atoms. The number of anilines is 1. The predicted molar refractivity (Wildman–Crippen MR) is 66.4 cm³/mol. The third-order valence-electron chi connectivity index (χ3n) is 3.37. The standard InChI is InChI=1S/C12H22N4/c1-3-6-15-7-4-11(5-8-15)16-9-10(2)14-12(16)13/h9,11H,3-8H2,1-2H3,(H2,13,14). The first-order valence-electron chi connectivity index (χ1n) is 6.24. The van der Waals surface area contributed by atoms with Crippen LogP contribution >= 0.6 is 0 Å². The Hall–Kier alpha value is -1.03. The van der Waals surface area contributed by atoms with Crippen molar-refractivity contribution in [2.45, 2.75) is 39.2 Å². The molecule has 0 aliphatic carbocycles. The highest BCUT2D eigenvalue weighted by molar-refractivity contribution is 5.22. The summed E-state index contributed by atoms with van der Waals surface area (Å²) < 4.78 is 2.15. The van der Waals surface area contributed by atoms with Gasteiger partial charge in [-0.3, -0.25) is 0 Å². The summed E-state index contributed by atoms with van der Waals surface area (Å²) in [5.41, 5.74) is 6.93. The highest BCUT2D eigenvalue weighted by Crippen LogP contribution is 2.25. The first kappa shape index (κ1) is 11.5. The number of rotatable bonds is 3. The Morgan fingerprint density at radius 2 is 2.12 bits per heavy atom. The Balaban J connectivity index is 1.96. The molecule has 0 bridgehead atoms. The minimum Gasteiger partial charge on any atom is -0.369 e. The average Bonchev–Trinajstić information content (AvgIpc) is 2.59. The quantitative estimate of drug-likeness (QED) is 0.848. The van der Waals surface area contributed by atoms with Crippen LogP contribution in [-0.2, 0) is 0 Å². The maximum Gasteiger partial charge on any atom is 0.200 e. The minimum absolute atomic E-state index is 0.550. The topological polar surface area (TPSA) is 47.1 Å². The summed E-state index contributed by atoms with van der Waals surface area (Å²) >= 11 is 0. The SMILES string of the molecule is CCCN1CCC(n2cc(C)nc2N)CC1. The summed E-state index contributed by atoms with van der Waals surface area (Å²) in [7, 11) is 0. The molecule has 2 N–H and O–H groups in total. The van der Waals surface area contributed by atoms with Gasteiger partial charge in [0.15, 0.2) is 0 Å². The molecule has 1 aromatic heterocycles. The normalized spacial score (nSPS) is 19.1. The molecule has 1 aromatic rings. The van der Waals surface area contributed by atoms with E-state index in [-0.39, 0.29) is 0 Å². The molecular formula is C12H22N4. The van der Waals surface area contributed by atoms with Crippen molar-refractivity contribution in [2.75, 3.05) is 25.4 Å². The van der Waals surface area contributed by atoms with E-state index >= 15 is 0 Å². The summed E-state index contributed by atoms with van der Waals surface area (Å²) in [6.45, 7) is 7.85. The van der Waals surface area contributed by atoms with Crippen LogP contribution < -0.4 is 5.73 Å². The van der Waals surface area contributed by atoms with Gasteiger partial charge in [0.05, 0.1) is 5.69 Å². The smallest absolute Gasteiger partial charge is 0.200 e. The van der Waals surface area contributed by atoms with E-state index in [1.54, 1.807) is 0 Å². The van der Waals surface area contributed by atoms with Gasteiger partial charge in [-0.2, -0.15) is 0 Å². The van der Waals surface area contributed by atoms with Crippen molar-refractivity contribution in [3.05, 3.63) is 11.9 Å². The molecule has 1 fully saturated rings. The van der Waals surface area contributed by atoms with Crippen LogP contribution in [0.1, 0.15) is 37.9 Å². The van der Waals surface area contributed by atoms with Gasteiger partial charge in [-0.05, 0) is 32.7 Å². The van der Waals surface area contributed by atoms with Crippen LogP contribution in [0.4, 0.5) is 5.95 Å². The Kier molecular flexibility index (Phi) is 3.49. The molecule has 1 aliphatic rings. The van der Waals surface area contributed by atoms with Crippen LogP contribution in [0.2, 0.25) is 0 Å². The number of hydrogen-bond acceptors (Lipinski definition) is 3. The molecule has 0 unspecified atom stereocenters. The Morgan fingerprint density at radius 1 is 1.44 bits per heavy atom. The predicted octanol–water partition coefficient (Wildman–Crippen LogP) is 1.82. The number of imidazole rings is 1. The number of nitrogens with two attached hydrogens (primary N) is 1. The molecule has 0 atom stereocenters. The number of aromatic nitrogens is 2. The maximum absolute atomic E-state index is 5.90. The Morgan fingerprint density at radius 3 is 2.62 bits per heavy atom. The van der Waals surface area contributed by atoms with Crippen molar-refractivity contribution in [3.63, 3.8) is 0 Å². The summed E-state index contributed by atoms with van der Waals surface area (Å²) in [4.78, 5) is 6.81. The van der Waals surface area contributed by atoms with Gasteiger partial charge in [-0.25, -0.2) is 4.98 Å². The van der Waals surface area contributed by atoms with Crippen LogP contribution in [-0.4, -0.2) is 34.1 Å². The maximum atomic E-state index is 5.90. The van der Waals surface area contributed by atoms with Crippen molar-refractivity contribution >= 4 is 5.95 Å². The van der Waals surface area contributed by atoms with Gasteiger partial charge < -0.3 is 15.2 Å². The lowest BCUT2D eigenvalue weighted by Crippen LogP contribution is -2.35. The van der Waals surface area contributed by atoms with E-state index in [9.17, 15) is 0 Å². The summed E-state index contributed by atoms with van der Waals surface area (Å²) in [6.07, 6.45) is 5.71. The number of likely N-dealkylation sites (tertiary alicyclic amines) is 1. The van der Waals surface area contributed by atoms with Crippen molar-refractivity contribution in [1.82, 2.24) is 14.5 Å². The molecule has 0 amide bonds. The van der Waals surface area contributed by atoms with Gasteiger partial charge in [0.25, 0.3) is 0 Å². The second-order valence-corrected chi connectivity index (χ2v) is 4.72. The van der Waals surface area contributed by atoms with Gasteiger partial charge in [0, 0.05) is 25.3 Å². The van der Waals surface area contributed by atoms with Crippen molar-refractivity contribution in [1.29, 1.82) is 0 Å². The molecular weight excluding hydrogens is 200 g/mol. The summed E-state index contributed by atoms with van der Waals surface area (Å²) in [5.74, 6) is 0.673. The lowest BCUT2D eigenvalue weighted by molar-refractivity contribution is 0.188. The largest absolute Gasteiger partial charge is 0.369 e. The molecule has 0 radical (unpaired) electrons. The van der Waals surface area contributed by atoms with Gasteiger partial charge >= 0.3 is 0 Å².